The molecule has 0 saturated heterocycles. The summed E-state index contributed by atoms with van der Waals surface area (Å²) in [6.07, 6.45) is 1.80. The summed E-state index contributed by atoms with van der Waals surface area (Å²) in [5.74, 6) is 0.0106. The average molecular weight is 524 g/mol. The number of halogens is 2. The van der Waals surface area contributed by atoms with Crippen LogP contribution in [0.2, 0.25) is 0 Å². The second-order valence-corrected chi connectivity index (χ2v) is 8.53. The Bertz CT molecular complexity index is 1310. The number of hydrogen-bond acceptors (Lipinski definition) is 6. The summed E-state index contributed by atoms with van der Waals surface area (Å²) < 4.78 is 13.6. The number of esters is 1. The van der Waals surface area contributed by atoms with Crippen molar-refractivity contribution in [2.75, 3.05) is 13.7 Å². The lowest BCUT2D eigenvalue weighted by molar-refractivity contribution is -0.142. The van der Waals surface area contributed by atoms with Gasteiger partial charge in [0.1, 0.15) is 5.75 Å². The van der Waals surface area contributed by atoms with Gasteiger partial charge in [0.15, 0.2) is 11.6 Å². The number of aromatic nitrogens is 2. The van der Waals surface area contributed by atoms with E-state index in [2.05, 4.69) is 41.6 Å². The molecule has 0 atom stereocenters. The summed E-state index contributed by atoms with van der Waals surface area (Å²) in [6, 6.07) is 11.2. The highest BCUT2D eigenvalue weighted by Crippen LogP contribution is 2.35. The van der Waals surface area contributed by atoms with Crippen LogP contribution < -0.4 is 14.8 Å². The maximum Gasteiger partial charge on any atom is 0.343 e. The smallest absolute Gasteiger partial charge is 0.343 e. The Kier molecular flexibility index (Phi) is 5.22. The Morgan fingerprint density at radius 2 is 1.96 bits per heavy atom. The average Bonchev–Trinajstić information content (AvgIpc) is 3.17. The maximum absolute atomic E-state index is 12.9. The number of methoxy groups -OCH3 is 1. The van der Waals surface area contributed by atoms with Crippen molar-refractivity contribution >= 4 is 71.2 Å². The number of imidazole rings is 1. The Morgan fingerprint density at radius 1 is 1.25 bits per heavy atom. The molecular weight excluding hydrogens is 512 g/mol. The third kappa shape index (κ3) is 3.45. The summed E-state index contributed by atoms with van der Waals surface area (Å²) in [5.41, 5.74) is 2.30. The topological polar surface area (TPSA) is 69.9 Å². The number of nitrogens with zero attached hydrogens (tertiary/aromatic N) is 2. The number of rotatable bonds is 4. The van der Waals surface area contributed by atoms with Crippen molar-refractivity contribution in [2.24, 2.45) is 0 Å². The van der Waals surface area contributed by atoms with E-state index in [9.17, 15) is 9.59 Å². The number of carbonyl (C=O) groups excluding carboxylic acids is 1. The van der Waals surface area contributed by atoms with Crippen molar-refractivity contribution in [1.29, 1.82) is 0 Å². The SMILES string of the molecule is COC(=O)COc1c(Br)cc(/C=c2\sc3nc4ccccc4n3c2=O)cc1Br. The zero-order valence-corrected chi connectivity index (χ0v) is 18.4. The van der Waals surface area contributed by atoms with Gasteiger partial charge < -0.3 is 9.47 Å². The Labute approximate surface area is 179 Å². The standard InChI is InChI=1S/C19H12Br2N2O4S/c1-26-16(24)9-27-17-11(20)6-10(7-12(17)21)8-15-18(25)23-14-5-3-2-4-13(14)22-19(23)28-15/h2-8H,9H2,1H3/b15-8-. The number of ether oxygens (including phenoxy) is 2. The van der Waals surface area contributed by atoms with E-state index in [1.54, 1.807) is 10.5 Å². The predicted octanol–water partition coefficient (Wildman–Crippen LogP) is 3.53. The minimum Gasteiger partial charge on any atom is -0.480 e. The quantitative estimate of drug-likeness (QED) is 0.383. The number of thiazole rings is 1. The monoisotopic (exact) mass is 522 g/mol. The first-order chi connectivity index (χ1) is 13.5. The first kappa shape index (κ1) is 19.1. The minimum atomic E-state index is -0.473. The summed E-state index contributed by atoms with van der Waals surface area (Å²) in [7, 11) is 1.30. The van der Waals surface area contributed by atoms with Gasteiger partial charge >= 0.3 is 5.97 Å². The second-order valence-electron chi connectivity index (χ2n) is 5.81. The zero-order chi connectivity index (χ0) is 19.8. The first-order valence-corrected chi connectivity index (χ1v) is 10.5. The van der Waals surface area contributed by atoms with Gasteiger partial charge in [-0.25, -0.2) is 14.2 Å². The molecule has 9 heteroatoms. The largest absolute Gasteiger partial charge is 0.480 e. The predicted molar refractivity (Wildman–Crippen MR) is 115 cm³/mol. The highest BCUT2D eigenvalue weighted by Gasteiger charge is 2.13. The highest BCUT2D eigenvalue weighted by molar-refractivity contribution is 9.11. The van der Waals surface area contributed by atoms with Crippen molar-refractivity contribution in [3.63, 3.8) is 0 Å². The number of hydrogen-bond donors (Lipinski definition) is 0. The van der Waals surface area contributed by atoms with Crippen LogP contribution in [0.3, 0.4) is 0 Å². The molecule has 0 aliphatic carbocycles. The highest BCUT2D eigenvalue weighted by atomic mass is 79.9. The van der Waals surface area contributed by atoms with Crippen LogP contribution in [-0.2, 0) is 9.53 Å². The molecule has 0 bridgehead atoms. The van der Waals surface area contributed by atoms with Gasteiger partial charge in [0, 0.05) is 0 Å². The Hall–Kier alpha value is -2.23. The molecule has 0 aliphatic rings. The van der Waals surface area contributed by atoms with Gasteiger partial charge in [-0.2, -0.15) is 0 Å². The van der Waals surface area contributed by atoms with Gasteiger partial charge in [-0.1, -0.05) is 23.5 Å². The van der Waals surface area contributed by atoms with E-state index < -0.39 is 5.97 Å². The second kappa shape index (κ2) is 7.65. The lowest BCUT2D eigenvalue weighted by Crippen LogP contribution is -2.22. The van der Waals surface area contributed by atoms with Crippen molar-refractivity contribution in [2.45, 2.75) is 0 Å². The van der Waals surface area contributed by atoms with Gasteiger partial charge in [0.05, 0.1) is 31.6 Å². The fourth-order valence-corrected chi connectivity index (χ4v) is 5.19. The van der Waals surface area contributed by atoms with Crippen LogP contribution in [0.4, 0.5) is 0 Å². The normalized spacial score (nSPS) is 12.0. The molecule has 142 valence electrons. The lowest BCUT2D eigenvalue weighted by atomic mass is 10.2. The van der Waals surface area contributed by atoms with Gasteiger partial charge in [-0.05, 0) is 67.8 Å². The molecule has 4 aromatic rings. The van der Waals surface area contributed by atoms with Crippen molar-refractivity contribution in [3.05, 3.63) is 65.8 Å². The molecule has 4 rings (SSSR count). The molecule has 0 unspecified atom stereocenters. The van der Waals surface area contributed by atoms with Crippen LogP contribution >= 0.6 is 43.2 Å². The fourth-order valence-electron chi connectivity index (χ4n) is 2.75. The summed E-state index contributed by atoms with van der Waals surface area (Å²) >= 11 is 8.22. The Balaban J connectivity index is 1.76. The van der Waals surface area contributed by atoms with Crippen LogP contribution in [0.5, 0.6) is 5.75 Å². The fraction of sp³-hybridized carbons (Fsp3) is 0.105. The summed E-state index contributed by atoms with van der Waals surface area (Å²) in [4.78, 5) is 29.3. The molecule has 2 heterocycles. The minimum absolute atomic E-state index is 0.105. The van der Waals surface area contributed by atoms with Gasteiger partial charge in [0.2, 0.25) is 0 Å². The molecule has 2 aromatic carbocycles. The molecule has 6 nitrogen and oxygen atoms in total. The van der Waals surface area contributed by atoms with Crippen LogP contribution in [0.15, 0.2) is 50.1 Å². The van der Waals surface area contributed by atoms with E-state index in [0.29, 0.717) is 24.2 Å². The molecule has 0 saturated carbocycles. The molecule has 0 aliphatic heterocycles. The van der Waals surface area contributed by atoms with Gasteiger partial charge in [0.25, 0.3) is 5.56 Å². The number of benzene rings is 2. The maximum atomic E-state index is 12.9. The molecule has 0 radical (unpaired) electrons. The van der Waals surface area contributed by atoms with Crippen molar-refractivity contribution < 1.29 is 14.3 Å². The number of carbonyl (C=O) groups is 1. The molecule has 0 N–H and O–H groups in total. The summed E-state index contributed by atoms with van der Waals surface area (Å²) in [6.45, 7) is -0.198. The third-order valence-electron chi connectivity index (χ3n) is 4.03. The number of para-hydroxylation sites is 2. The number of fused-ring (bicyclic) bond motifs is 3. The van der Waals surface area contributed by atoms with Crippen LogP contribution in [0.25, 0.3) is 22.1 Å². The van der Waals surface area contributed by atoms with E-state index in [1.165, 1.54) is 18.4 Å². The van der Waals surface area contributed by atoms with Crippen LogP contribution in [0.1, 0.15) is 5.56 Å². The third-order valence-corrected chi connectivity index (χ3v) is 6.17. The van der Waals surface area contributed by atoms with E-state index in [0.717, 1.165) is 16.6 Å². The molecular formula is C19H12Br2N2O4S. The van der Waals surface area contributed by atoms with E-state index >= 15 is 0 Å². The van der Waals surface area contributed by atoms with E-state index in [-0.39, 0.29) is 12.2 Å². The molecule has 0 amide bonds. The summed E-state index contributed by atoms with van der Waals surface area (Å²) in [5, 5.41) is 0. The van der Waals surface area contributed by atoms with Gasteiger partial charge in [-0.3, -0.25) is 4.79 Å². The van der Waals surface area contributed by atoms with Crippen molar-refractivity contribution in [3.8, 4) is 5.75 Å². The molecule has 0 spiro atoms. The lowest BCUT2D eigenvalue weighted by Gasteiger charge is -2.10. The Morgan fingerprint density at radius 3 is 2.68 bits per heavy atom. The molecule has 2 aromatic heterocycles. The zero-order valence-electron chi connectivity index (χ0n) is 14.4. The molecule has 0 fully saturated rings. The van der Waals surface area contributed by atoms with Gasteiger partial charge in [-0.15, -0.1) is 0 Å². The van der Waals surface area contributed by atoms with Crippen LogP contribution in [0, 0.1) is 0 Å². The molecule has 28 heavy (non-hydrogen) atoms. The van der Waals surface area contributed by atoms with Crippen LogP contribution in [-0.4, -0.2) is 29.1 Å². The van der Waals surface area contributed by atoms with E-state index in [1.807, 2.05) is 36.4 Å². The van der Waals surface area contributed by atoms with Crippen molar-refractivity contribution in [1.82, 2.24) is 9.38 Å². The first-order valence-electron chi connectivity index (χ1n) is 8.08. The van der Waals surface area contributed by atoms with E-state index in [4.69, 9.17) is 4.74 Å².